The number of hydrogen-bond donors (Lipinski definition) is 2. The standard InChI is InChI=1S/C20H20F3NO3/c1-19(2,18(26)27)15-7-9-16(10-8-15)24-17(25)14-5-3-13(4-6-14)11-12-20(21,22)23/h3-10H,11-12H2,1-2H3,(H,24,25)(H,26,27). The smallest absolute Gasteiger partial charge is 0.389 e. The van der Waals surface area contributed by atoms with Gasteiger partial charge in [0.1, 0.15) is 0 Å². The van der Waals surface area contributed by atoms with E-state index in [1.54, 1.807) is 38.1 Å². The predicted octanol–water partition coefficient (Wildman–Crippen LogP) is 4.80. The summed E-state index contributed by atoms with van der Waals surface area (Å²) in [6, 6.07) is 12.4. The average molecular weight is 379 g/mol. The first kappa shape index (κ1) is 20.5. The van der Waals surface area contributed by atoms with Gasteiger partial charge in [-0.15, -0.1) is 0 Å². The van der Waals surface area contributed by atoms with Crippen LogP contribution in [0.25, 0.3) is 0 Å². The van der Waals surface area contributed by atoms with Crippen LogP contribution in [0.1, 0.15) is 41.8 Å². The Bertz CT molecular complexity index is 810. The van der Waals surface area contributed by atoms with Crippen LogP contribution in [-0.4, -0.2) is 23.2 Å². The SMILES string of the molecule is CC(C)(C(=O)O)c1ccc(NC(=O)c2ccc(CCC(F)(F)F)cc2)cc1. The monoisotopic (exact) mass is 379 g/mol. The topological polar surface area (TPSA) is 66.4 Å². The molecule has 2 N–H and O–H groups in total. The number of aryl methyl sites for hydroxylation is 1. The first-order valence-corrected chi connectivity index (χ1v) is 8.30. The molecule has 0 atom stereocenters. The molecule has 0 fully saturated rings. The van der Waals surface area contributed by atoms with E-state index in [9.17, 15) is 27.9 Å². The molecule has 0 spiro atoms. The van der Waals surface area contributed by atoms with Crippen molar-refractivity contribution in [2.45, 2.75) is 38.3 Å². The van der Waals surface area contributed by atoms with Crippen LogP contribution in [-0.2, 0) is 16.6 Å². The number of benzene rings is 2. The van der Waals surface area contributed by atoms with Gasteiger partial charge >= 0.3 is 12.1 Å². The average Bonchev–Trinajstić information content (AvgIpc) is 2.60. The highest BCUT2D eigenvalue weighted by Crippen LogP contribution is 2.25. The molecule has 144 valence electrons. The second-order valence-corrected chi connectivity index (χ2v) is 6.77. The van der Waals surface area contributed by atoms with Crippen molar-refractivity contribution in [2.75, 3.05) is 5.32 Å². The summed E-state index contributed by atoms with van der Waals surface area (Å²) in [7, 11) is 0. The number of hydrogen-bond acceptors (Lipinski definition) is 2. The van der Waals surface area contributed by atoms with E-state index in [4.69, 9.17) is 0 Å². The van der Waals surface area contributed by atoms with Gasteiger partial charge in [-0.3, -0.25) is 9.59 Å². The summed E-state index contributed by atoms with van der Waals surface area (Å²) in [6.45, 7) is 3.17. The number of rotatable bonds is 6. The third-order valence-electron chi connectivity index (χ3n) is 4.31. The van der Waals surface area contributed by atoms with Crippen molar-refractivity contribution in [1.29, 1.82) is 0 Å². The van der Waals surface area contributed by atoms with Gasteiger partial charge in [-0.05, 0) is 55.7 Å². The molecule has 0 aliphatic heterocycles. The predicted molar refractivity (Wildman–Crippen MR) is 95.9 cm³/mol. The van der Waals surface area contributed by atoms with Gasteiger partial charge in [0.2, 0.25) is 0 Å². The van der Waals surface area contributed by atoms with Crippen LogP contribution in [0.2, 0.25) is 0 Å². The molecule has 0 saturated heterocycles. The maximum absolute atomic E-state index is 12.2. The molecule has 0 heterocycles. The molecular formula is C20H20F3NO3. The molecule has 7 heteroatoms. The lowest BCUT2D eigenvalue weighted by Crippen LogP contribution is -2.28. The van der Waals surface area contributed by atoms with E-state index < -0.39 is 29.9 Å². The summed E-state index contributed by atoms with van der Waals surface area (Å²) in [6.07, 6.45) is -5.25. The molecule has 0 saturated carbocycles. The van der Waals surface area contributed by atoms with Crippen LogP contribution < -0.4 is 5.32 Å². The van der Waals surface area contributed by atoms with E-state index in [1.165, 1.54) is 24.3 Å². The van der Waals surface area contributed by atoms with Gasteiger partial charge in [0.15, 0.2) is 0 Å². The van der Waals surface area contributed by atoms with Crippen LogP contribution in [0.3, 0.4) is 0 Å². The Morgan fingerprint density at radius 1 is 0.963 bits per heavy atom. The summed E-state index contributed by atoms with van der Waals surface area (Å²) in [4.78, 5) is 23.5. The van der Waals surface area contributed by atoms with E-state index in [-0.39, 0.29) is 6.42 Å². The number of carbonyl (C=O) groups excluding carboxylic acids is 1. The van der Waals surface area contributed by atoms with E-state index in [0.29, 0.717) is 22.4 Å². The van der Waals surface area contributed by atoms with Crippen molar-refractivity contribution in [3.05, 3.63) is 65.2 Å². The van der Waals surface area contributed by atoms with Gasteiger partial charge in [-0.1, -0.05) is 24.3 Å². The van der Waals surface area contributed by atoms with E-state index in [1.807, 2.05) is 0 Å². The van der Waals surface area contributed by atoms with E-state index >= 15 is 0 Å². The number of halogens is 3. The highest BCUT2D eigenvalue weighted by molar-refractivity contribution is 6.04. The largest absolute Gasteiger partial charge is 0.481 e. The highest BCUT2D eigenvalue weighted by Gasteiger charge is 2.29. The molecule has 0 aliphatic carbocycles. The van der Waals surface area contributed by atoms with Crippen molar-refractivity contribution in [3.8, 4) is 0 Å². The van der Waals surface area contributed by atoms with Crippen LogP contribution >= 0.6 is 0 Å². The molecular weight excluding hydrogens is 359 g/mol. The minimum Gasteiger partial charge on any atom is -0.481 e. The first-order chi connectivity index (χ1) is 12.5. The Balaban J connectivity index is 2.02. The molecule has 27 heavy (non-hydrogen) atoms. The Morgan fingerprint density at radius 3 is 2.00 bits per heavy atom. The summed E-state index contributed by atoms with van der Waals surface area (Å²) in [5.74, 6) is -1.35. The van der Waals surface area contributed by atoms with Gasteiger partial charge in [-0.2, -0.15) is 13.2 Å². The third kappa shape index (κ3) is 5.57. The van der Waals surface area contributed by atoms with Crippen molar-refractivity contribution in [1.82, 2.24) is 0 Å². The molecule has 0 aromatic heterocycles. The number of carbonyl (C=O) groups is 2. The van der Waals surface area contributed by atoms with Crippen LogP contribution in [0.15, 0.2) is 48.5 Å². The van der Waals surface area contributed by atoms with Gasteiger partial charge in [0.05, 0.1) is 5.41 Å². The zero-order valence-corrected chi connectivity index (χ0v) is 14.9. The quantitative estimate of drug-likeness (QED) is 0.758. The van der Waals surface area contributed by atoms with Crippen LogP contribution in [0, 0.1) is 0 Å². The molecule has 0 radical (unpaired) electrons. The van der Waals surface area contributed by atoms with Crippen molar-refractivity contribution in [2.24, 2.45) is 0 Å². The molecule has 0 bridgehead atoms. The lowest BCUT2D eigenvalue weighted by molar-refractivity contribution is -0.142. The molecule has 2 aromatic carbocycles. The van der Waals surface area contributed by atoms with Gasteiger partial charge in [0.25, 0.3) is 5.91 Å². The highest BCUT2D eigenvalue weighted by atomic mass is 19.4. The number of nitrogens with one attached hydrogen (secondary N) is 1. The number of alkyl halides is 3. The second-order valence-electron chi connectivity index (χ2n) is 6.77. The fraction of sp³-hybridized carbons (Fsp3) is 0.300. The van der Waals surface area contributed by atoms with Crippen molar-refractivity contribution >= 4 is 17.6 Å². The van der Waals surface area contributed by atoms with Gasteiger partial charge < -0.3 is 10.4 Å². The first-order valence-electron chi connectivity index (χ1n) is 8.30. The molecule has 4 nitrogen and oxygen atoms in total. The second kappa shape index (κ2) is 7.82. The summed E-state index contributed by atoms with van der Waals surface area (Å²) in [5.41, 5.74) is 0.868. The van der Waals surface area contributed by atoms with E-state index in [0.717, 1.165) is 0 Å². The molecule has 2 rings (SSSR count). The minimum absolute atomic E-state index is 0.133. The molecule has 2 aromatic rings. The maximum atomic E-state index is 12.2. The lowest BCUT2D eigenvalue weighted by atomic mass is 9.85. The van der Waals surface area contributed by atoms with Crippen LogP contribution in [0.5, 0.6) is 0 Å². The summed E-state index contributed by atoms with van der Waals surface area (Å²) in [5, 5.41) is 11.9. The Kier molecular flexibility index (Phi) is 5.93. The van der Waals surface area contributed by atoms with Gasteiger partial charge in [-0.25, -0.2) is 0 Å². The number of carboxylic acid groups (broad SMARTS) is 1. The van der Waals surface area contributed by atoms with E-state index in [2.05, 4.69) is 5.32 Å². The number of aliphatic carboxylic acids is 1. The van der Waals surface area contributed by atoms with Crippen molar-refractivity contribution in [3.63, 3.8) is 0 Å². The minimum atomic E-state index is -4.21. The zero-order valence-electron chi connectivity index (χ0n) is 14.9. The van der Waals surface area contributed by atoms with Gasteiger partial charge in [0, 0.05) is 17.7 Å². The lowest BCUT2D eigenvalue weighted by Gasteiger charge is -2.19. The summed E-state index contributed by atoms with van der Waals surface area (Å²) < 4.78 is 36.7. The normalized spacial score (nSPS) is 11.9. The Hall–Kier alpha value is -2.83. The number of carboxylic acids is 1. The molecule has 1 amide bonds. The Labute approximate surface area is 155 Å². The van der Waals surface area contributed by atoms with Crippen molar-refractivity contribution < 1.29 is 27.9 Å². The third-order valence-corrected chi connectivity index (χ3v) is 4.31. The number of amides is 1. The summed E-state index contributed by atoms with van der Waals surface area (Å²) >= 11 is 0. The number of anilines is 1. The zero-order chi connectivity index (χ0) is 20.2. The fourth-order valence-electron chi connectivity index (χ4n) is 2.41. The maximum Gasteiger partial charge on any atom is 0.389 e. The molecule has 0 unspecified atom stereocenters. The Morgan fingerprint density at radius 2 is 1.52 bits per heavy atom. The van der Waals surface area contributed by atoms with Crippen LogP contribution in [0.4, 0.5) is 18.9 Å². The fourth-order valence-corrected chi connectivity index (χ4v) is 2.41. The molecule has 0 aliphatic rings.